The molecular formula is C22H28FN5O4S. The predicted molar refractivity (Wildman–Crippen MR) is 124 cm³/mol. The van der Waals surface area contributed by atoms with Gasteiger partial charge in [0, 0.05) is 11.3 Å². The summed E-state index contributed by atoms with van der Waals surface area (Å²) in [6.45, 7) is 7.89. The monoisotopic (exact) mass is 477 g/mol. The fourth-order valence-electron chi connectivity index (χ4n) is 3.92. The van der Waals surface area contributed by atoms with Crippen LogP contribution >= 0.6 is 0 Å². The first kappa shape index (κ1) is 24.6. The quantitative estimate of drug-likeness (QED) is 0.675. The SMILES string of the molecule is CCC1(C)C(N)=N[C@](C)(c2cc(NC(=O)c3ncc(OC)nc3C)ccc2F)C(C)S1(=O)=O. The molecule has 0 saturated heterocycles. The molecule has 3 rings (SSSR count). The van der Waals surface area contributed by atoms with Gasteiger partial charge in [-0.25, -0.2) is 22.8 Å². The molecule has 1 aliphatic heterocycles. The van der Waals surface area contributed by atoms with Gasteiger partial charge in [0.2, 0.25) is 5.88 Å². The van der Waals surface area contributed by atoms with Gasteiger partial charge in [-0.3, -0.25) is 9.79 Å². The molecule has 9 nitrogen and oxygen atoms in total. The number of rotatable bonds is 5. The Morgan fingerprint density at radius 3 is 2.58 bits per heavy atom. The van der Waals surface area contributed by atoms with Crippen molar-refractivity contribution >= 4 is 27.3 Å². The minimum Gasteiger partial charge on any atom is -0.480 e. The molecule has 178 valence electrons. The minimum absolute atomic E-state index is 0.00927. The van der Waals surface area contributed by atoms with Crippen LogP contribution in [0.3, 0.4) is 0 Å². The van der Waals surface area contributed by atoms with Gasteiger partial charge < -0.3 is 15.8 Å². The van der Waals surface area contributed by atoms with E-state index in [1.807, 2.05) is 0 Å². The summed E-state index contributed by atoms with van der Waals surface area (Å²) in [5.41, 5.74) is 5.30. The third-order valence-corrected chi connectivity index (χ3v) is 9.72. The zero-order chi connectivity index (χ0) is 24.8. The van der Waals surface area contributed by atoms with Gasteiger partial charge >= 0.3 is 0 Å². The van der Waals surface area contributed by atoms with Crippen LogP contribution in [0.25, 0.3) is 0 Å². The van der Waals surface area contributed by atoms with Crippen molar-refractivity contribution in [3.05, 3.63) is 47.2 Å². The first-order chi connectivity index (χ1) is 15.3. The topological polar surface area (TPSA) is 137 Å². The number of anilines is 1. The van der Waals surface area contributed by atoms with Gasteiger partial charge in [0.15, 0.2) is 9.84 Å². The Kier molecular flexibility index (Phi) is 6.22. The summed E-state index contributed by atoms with van der Waals surface area (Å²) >= 11 is 0. The summed E-state index contributed by atoms with van der Waals surface area (Å²) in [5, 5.41) is 1.60. The second-order valence-corrected chi connectivity index (χ2v) is 11.1. The highest BCUT2D eigenvalue weighted by Crippen LogP contribution is 2.44. The molecule has 2 aromatic rings. The Balaban J connectivity index is 2.04. The summed E-state index contributed by atoms with van der Waals surface area (Å²) in [6.07, 6.45) is 1.56. The van der Waals surface area contributed by atoms with E-state index in [0.29, 0.717) is 5.69 Å². The molecule has 11 heteroatoms. The number of sulfone groups is 1. The number of nitrogens with zero attached hydrogens (tertiary/aromatic N) is 3. The van der Waals surface area contributed by atoms with Crippen molar-refractivity contribution in [3.8, 4) is 5.88 Å². The fraction of sp³-hybridized carbons (Fsp3) is 0.455. The van der Waals surface area contributed by atoms with E-state index in [4.69, 9.17) is 10.5 Å². The summed E-state index contributed by atoms with van der Waals surface area (Å²) in [6, 6.07) is 3.90. The van der Waals surface area contributed by atoms with Crippen LogP contribution in [0, 0.1) is 12.7 Å². The van der Waals surface area contributed by atoms with E-state index in [-0.39, 0.29) is 35.1 Å². The largest absolute Gasteiger partial charge is 0.480 e. The number of halogens is 1. The molecule has 1 aromatic heterocycles. The summed E-state index contributed by atoms with van der Waals surface area (Å²) in [4.78, 5) is 25.4. The molecule has 0 bridgehead atoms. The predicted octanol–water partition coefficient (Wildman–Crippen LogP) is 2.74. The van der Waals surface area contributed by atoms with Crippen LogP contribution in [-0.4, -0.2) is 47.2 Å². The van der Waals surface area contributed by atoms with Gasteiger partial charge in [-0.05, 0) is 52.3 Å². The van der Waals surface area contributed by atoms with E-state index in [1.165, 1.54) is 46.2 Å². The highest BCUT2D eigenvalue weighted by molar-refractivity contribution is 7.94. The minimum atomic E-state index is -3.80. The van der Waals surface area contributed by atoms with E-state index in [0.717, 1.165) is 6.07 Å². The van der Waals surface area contributed by atoms with Crippen LogP contribution in [0.2, 0.25) is 0 Å². The average molecular weight is 478 g/mol. The number of aryl methyl sites for hydroxylation is 1. The van der Waals surface area contributed by atoms with Crippen LogP contribution in [0.15, 0.2) is 29.4 Å². The van der Waals surface area contributed by atoms with Crippen molar-refractivity contribution in [2.45, 2.75) is 56.6 Å². The number of carbonyl (C=O) groups excluding carboxylic acids is 1. The van der Waals surface area contributed by atoms with Crippen LogP contribution in [0.4, 0.5) is 10.1 Å². The van der Waals surface area contributed by atoms with E-state index in [2.05, 4.69) is 20.3 Å². The first-order valence-corrected chi connectivity index (χ1v) is 11.9. The molecule has 0 saturated carbocycles. The van der Waals surface area contributed by atoms with Crippen LogP contribution in [0.1, 0.15) is 55.9 Å². The zero-order valence-corrected chi connectivity index (χ0v) is 20.2. The number of carbonyl (C=O) groups is 1. The van der Waals surface area contributed by atoms with Crippen LogP contribution in [-0.2, 0) is 15.4 Å². The van der Waals surface area contributed by atoms with Gasteiger partial charge in [-0.15, -0.1) is 0 Å². The lowest BCUT2D eigenvalue weighted by Gasteiger charge is -2.44. The van der Waals surface area contributed by atoms with E-state index < -0.39 is 37.1 Å². The zero-order valence-electron chi connectivity index (χ0n) is 19.4. The number of ether oxygens (including phenoxy) is 1. The van der Waals surface area contributed by atoms with Crippen molar-refractivity contribution in [2.75, 3.05) is 12.4 Å². The molecule has 1 aliphatic rings. The Morgan fingerprint density at radius 2 is 2.00 bits per heavy atom. The van der Waals surface area contributed by atoms with Crippen molar-refractivity contribution < 1.29 is 22.3 Å². The highest BCUT2D eigenvalue weighted by atomic mass is 32.2. The third kappa shape index (κ3) is 3.84. The Morgan fingerprint density at radius 1 is 1.33 bits per heavy atom. The smallest absolute Gasteiger partial charge is 0.276 e. The fourth-order valence-corrected chi connectivity index (χ4v) is 6.23. The van der Waals surface area contributed by atoms with E-state index in [1.54, 1.807) is 13.8 Å². The maximum atomic E-state index is 15.0. The average Bonchev–Trinajstić information content (AvgIpc) is 2.77. The van der Waals surface area contributed by atoms with Crippen molar-refractivity contribution in [2.24, 2.45) is 10.7 Å². The number of nitrogens with one attached hydrogen (secondary N) is 1. The van der Waals surface area contributed by atoms with Gasteiger partial charge in [0.1, 0.15) is 27.6 Å². The lowest BCUT2D eigenvalue weighted by Crippen LogP contribution is -2.60. The summed E-state index contributed by atoms with van der Waals surface area (Å²) < 4.78 is 45.3. The molecule has 0 radical (unpaired) electrons. The van der Waals surface area contributed by atoms with Gasteiger partial charge in [-0.2, -0.15) is 0 Å². The lowest BCUT2D eigenvalue weighted by atomic mass is 9.87. The van der Waals surface area contributed by atoms with Gasteiger partial charge in [0.25, 0.3) is 5.91 Å². The molecule has 2 unspecified atom stereocenters. The molecule has 1 aromatic carbocycles. The molecule has 3 atom stereocenters. The molecule has 0 spiro atoms. The second-order valence-electron chi connectivity index (χ2n) is 8.41. The Bertz CT molecular complexity index is 1250. The molecule has 33 heavy (non-hydrogen) atoms. The number of methoxy groups -OCH3 is 1. The number of hydrogen-bond acceptors (Lipinski definition) is 8. The Hall–Kier alpha value is -3.08. The number of nitrogens with two attached hydrogens (primary N) is 1. The van der Waals surface area contributed by atoms with E-state index >= 15 is 0 Å². The third-order valence-electron chi connectivity index (χ3n) is 6.57. The number of aromatic nitrogens is 2. The first-order valence-electron chi connectivity index (χ1n) is 10.4. The summed E-state index contributed by atoms with van der Waals surface area (Å²) in [7, 11) is -2.37. The number of hydrogen-bond donors (Lipinski definition) is 2. The highest BCUT2D eigenvalue weighted by Gasteiger charge is 2.56. The molecular weight excluding hydrogens is 449 g/mol. The van der Waals surface area contributed by atoms with Crippen LogP contribution < -0.4 is 15.8 Å². The standard InChI is InChI=1S/C22H28FN5O4S/c1-7-21(4)20(24)28-22(5,13(3)33(21,30)31)15-10-14(8-9-16(15)23)27-19(29)18-12(2)26-17(32-6)11-25-18/h8-11,13H,7H2,1-6H3,(H2,24,28)(H,27,29)/t13?,21?,22-/m0/s1. The van der Waals surface area contributed by atoms with Crippen LogP contribution in [0.5, 0.6) is 5.88 Å². The van der Waals surface area contributed by atoms with Gasteiger partial charge in [0.05, 0.1) is 24.3 Å². The molecule has 0 fully saturated rings. The van der Waals surface area contributed by atoms with Crippen molar-refractivity contribution in [3.63, 3.8) is 0 Å². The number of aliphatic imine (C=N–C) groups is 1. The van der Waals surface area contributed by atoms with Crippen molar-refractivity contribution in [1.29, 1.82) is 0 Å². The normalized spacial score (nSPS) is 26.4. The number of benzene rings is 1. The maximum Gasteiger partial charge on any atom is 0.276 e. The number of amides is 1. The van der Waals surface area contributed by atoms with Gasteiger partial charge in [-0.1, -0.05) is 6.92 Å². The van der Waals surface area contributed by atoms with E-state index in [9.17, 15) is 17.6 Å². The van der Waals surface area contributed by atoms with Crippen molar-refractivity contribution in [1.82, 2.24) is 9.97 Å². The Labute approximate surface area is 192 Å². The molecule has 2 heterocycles. The molecule has 0 aliphatic carbocycles. The second kappa shape index (κ2) is 8.36. The molecule has 1 amide bonds. The summed E-state index contributed by atoms with van der Waals surface area (Å²) in [5.74, 6) is -1.02. The maximum absolute atomic E-state index is 15.0. The number of amidine groups is 1. The molecule has 3 N–H and O–H groups in total. The lowest BCUT2D eigenvalue weighted by molar-refractivity contribution is 0.102.